The second-order valence-corrected chi connectivity index (χ2v) is 5.18. The third kappa shape index (κ3) is 5.46. The molecule has 102 valence electrons. The Morgan fingerprint density at radius 2 is 2.22 bits per heavy atom. The maximum atomic E-state index is 11.2. The normalized spacial score (nSPS) is 10.7. The lowest BCUT2D eigenvalue weighted by Gasteiger charge is -2.08. The summed E-state index contributed by atoms with van der Waals surface area (Å²) in [7, 11) is 5.53. The third-order valence-corrected chi connectivity index (χ3v) is 3.26. The van der Waals surface area contributed by atoms with Crippen LogP contribution in [0.5, 0.6) is 0 Å². The number of anilines is 1. The van der Waals surface area contributed by atoms with Crippen molar-refractivity contribution in [1.29, 1.82) is 0 Å². The molecule has 0 fully saturated rings. The Balaban J connectivity index is 2.16. The zero-order valence-corrected chi connectivity index (χ0v) is 12.0. The fraction of sp³-hybridized carbons (Fsp3) is 0.667. The van der Waals surface area contributed by atoms with Crippen molar-refractivity contribution in [2.75, 3.05) is 39.6 Å². The topological polar surface area (TPSA) is 54.5 Å². The highest BCUT2D eigenvalue weighted by molar-refractivity contribution is 7.13. The highest BCUT2D eigenvalue weighted by Gasteiger charge is 2.09. The van der Waals surface area contributed by atoms with Crippen molar-refractivity contribution in [1.82, 2.24) is 9.88 Å². The molecule has 0 aliphatic rings. The molecule has 0 atom stereocenters. The van der Waals surface area contributed by atoms with Crippen LogP contribution in [0.2, 0.25) is 0 Å². The second-order valence-electron chi connectivity index (χ2n) is 4.32. The van der Waals surface area contributed by atoms with Crippen LogP contribution in [0.4, 0.5) is 5.13 Å². The largest absolute Gasteiger partial charge is 0.464 e. The lowest BCUT2D eigenvalue weighted by atomic mass is 10.2. The Labute approximate surface area is 112 Å². The second kappa shape index (κ2) is 8.05. The predicted octanol–water partition coefficient (Wildman–Crippen LogP) is 2.07. The highest BCUT2D eigenvalue weighted by atomic mass is 32.1. The van der Waals surface area contributed by atoms with Gasteiger partial charge in [0.1, 0.15) is 0 Å². The summed E-state index contributed by atoms with van der Waals surface area (Å²) in [5, 5.41) is 5.71. The van der Waals surface area contributed by atoms with Crippen LogP contribution in [-0.4, -0.2) is 50.1 Å². The van der Waals surface area contributed by atoms with Crippen LogP contribution in [-0.2, 0) is 4.74 Å². The molecular weight excluding hydrogens is 250 g/mol. The Kier molecular flexibility index (Phi) is 6.67. The number of methoxy groups -OCH3 is 1. The summed E-state index contributed by atoms with van der Waals surface area (Å²) >= 11 is 1.43. The molecule has 5 nitrogen and oxygen atoms in total. The average molecular weight is 271 g/mol. The number of nitrogens with zero attached hydrogens (tertiary/aromatic N) is 2. The van der Waals surface area contributed by atoms with E-state index < -0.39 is 0 Å². The van der Waals surface area contributed by atoms with Crippen LogP contribution in [0.25, 0.3) is 0 Å². The molecule has 1 aromatic heterocycles. The van der Waals surface area contributed by atoms with Gasteiger partial charge in [0.05, 0.1) is 7.11 Å². The molecule has 0 aliphatic heterocycles. The van der Waals surface area contributed by atoms with Gasteiger partial charge in [-0.15, -0.1) is 11.3 Å². The van der Waals surface area contributed by atoms with Crippen LogP contribution >= 0.6 is 11.3 Å². The summed E-state index contributed by atoms with van der Waals surface area (Å²) in [5.41, 5.74) is 0.373. The molecule has 1 rings (SSSR count). The van der Waals surface area contributed by atoms with Crippen LogP contribution in [0.1, 0.15) is 29.8 Å². The quantitative estimate of drug-likeness (QED) is 0.579. The number of unbranched alkanes of at least 4 members (excludes halogenated alkanes) is 2. The van der Waals surface area contributed by atoms with Gasteiger partial charge in [-0.1, -0.05) is 6.42 Å². The fourth-order valence-electron chi connectivity index (χ4n) is 1.48. The number of carbonyl (C=O) groups excluding carboxylic acids is 1. The minimum Gasteiger partial charge on any atom is -0.464 e. The van der Waals surface area contributed by atoms with E-state index in [-0.39, 0.29) is 5.97 Å². The Morgan fingerprint density at radius 3 is 2.89 bits per heavy atom. The molecule has 6 heteroatoms. The lowest BCUT2D eigenvalue weighted by molar-refractivity contribution is 0.0595. The average Bonchev–Trinajstić information content (AvgIpc) is 2.81. The first-order valence-electron chi connectivity index (χ1n) is 6.06. The number of esters is 1. The number of hydrogen-bond acceptors (Lipinski definition) is 6. The van der Waals surface area contributed by atoms with E-state index >= 15 is 0 Å². The molecule has 0 spiro atoms. The van der Waals surface area contributed by atoms with Gasteiger partial charge in [-0.05, 0) is 33.5 Å². The van der Waals surface area contributed by atoms with Gasteiger partial charge in [-0.2, -0.15) is 0 Å². The number of aromatic nitrogens is 1. The Hall–Kier alpha value is -1.14. The van der Waals surface area contributed by atoms with E-state index in [1.165, 1.54) is 31.3 Å². The zero-order valence-electron chi connectivity index (χ0n) is 11.2. The molecule has 18 heavy (non-hydrogen) atoms. The van der Waals surface area contributed by atoms with E-state index in [4.69, 9.17) is 0 Å². The summed E-state index contributed by atoms with van der Waals surface area (Å²) < 4.78 is 4.60. The molecule has 0 aromatic carbocycles. The summed E-state index contributed by atoms with van der Waals surface area (Å²) in [6.45, 7) is 2.02. The first-order chi connectivity index (χ1) is 8.63. The predicted molar refractivity (Wildman–Crippen MR) is 74.3 cm³/mol. The van der Waals surface area contributed by atoms with Crippen LogP contribution in [0, 0.1) is 0 Å². The number of rotatable bonds is 8. The van der Waals surface area contributed by atoms with Gasteiger partial charge in [0, 0.05) is 11.9 Å². The van der Waals surface area contributed by atoms with Gasteiger partial charge in [-0.25, -0.2) is 9.78 Å². The maximum absolute atomic E-state index is 11.2. The van der Waals surface area contributed by atoms with Crippen molar-refractivity contribution in [2.45, 2.75) is 19.3 Å². The molecule has 0 unspecified atom stereocenters. The smallest absolute Gasteiger partial charge is 0.357 e. The summed E-state index contributed by atoms with van der Waals surface area (Å²) in [5.74, 6) is -0.384. The summed E-state index contributed by atoms with van der Waals surface area (Å²) in [6, 6.07) is 0. The maximum Gasteiger partial charge on any atom is 0.357 e. The summed E-state index contributed by atoms with van der Waals surface area (Å²) in [4.78, 5) is 17.5. The zero-order chi connectivity index (χ0) is 13.4. The van der Waals surface area contributed by atoms with E-state index in [1.54, 1.807) is 5.38 Å². The number of carbonyl (C=O) groups is 1. The standard InChI is InChI=1S/C12H21N3O2S/c1-15(2)8-6-4-5-7-13-12-14-10(9-18-12)11(16)17-3/h9H,4-8H2,1-3H3,(H,13,14). The van der Waals surface area contributed by atoms with Gasteiger partial charge < -0.3 is 15.0 Å². The van der Waals surface area contributed by atoms with Crippen LogP contribution in [0.15, 0.2) is 5.38 Å². The molecule has 0 saturated heterocycles. The molecule has 1 heterocycles. The molecule has 0 saturated carbocycles. The van der Waals surface area contributed by atoms with Crippen LogP contribution in [0.3, 0.4) is 0 Å². The summed E-state index contributed by atoms with van der Waals surface area (Å²) in [6.07, 6.45) is 3.52. The molecule has 1 aromatic rings. The molecule has 0 radical (unpaired) electrons. The first-order valence-corrected chi connectivity index (χ1v) is 6.94. The number of hydrogen-bond donors (Lipinski definition) is 1. The SMILES string of the molecule is COC(=O)c1csc(NCCCCCN(C)C)n1. The third-order valence-electron chi connectivity index (χ3n) is 2.46. The number of nitrogens with one attached hydrogen (secondary N) is 1. The van der Waals surface area contributed by atoms with E-state index in [9.17, 15) is 4.79 Å². The molecule has 0 aliphatic carbocycles. The highest BCUT2D eigenvalue weighted by Crippen LogP contribution is 2.16. The molecule has 1 N–H and O–H groups in total. The number of thiazole rings is 1. The molecule has 0 bridgehead atoms. The monoisotopic (exact) mass is 271 g/mol. The molecule has 0 amide bonds. The minimum absolute atomic E-state index is 0.373. The van der Waals surface area contributed by atoms with Gasteiger partial charge in [0.25, 0.3) is 0 Å². The van der Waals surface area contributed by atoms with Gasteiger partial charge in [0.2, 0.25) is 0 Å². The van der Waals surface area contributed by atoms with Gasteiger partial charge >= 0.3 is 5.97 Å². The van der Waals surface area contributed by atoms with E-state index in [2.05, 4.69) is 34.0 Å². The van der Waals surface area contributed by atoms with Crippen molar-refractivity contribution in [2.24, 2.45) is 0 Å². The van der Waals surface area contributed by atoms with E-state index in [0.29, 0.717) is 5.69 Å². The fourth-order valence-corrected chi connectivity index (χ4v) is 2.19. The number of ether oxygens (including phenoxy) is 1. The first kappa shape index (κ1) is 14.9. The van der Waals surface area contributed by atoms with E-state index in [0.717, 1.165) is 24.6 Å². The van der Waals surface area contributed by atoms with Crippen molar-refractivity contribution >= 4 is 22.4 Å². The van der Waals surface area contributed by atoms with Crippen molar-refractivity contribution in [3.05, 3.63) is 11.1 Å². The Bertz CT molecular complexity index is 366. The van der Waals surface area contributed by atoms with Crippen molar-refractivity contribution in [3.8, 4) is 0 Å². The van der Waals surface area contributed by atoms with Crippen molar-refractivity contribution in [3.63, 3.8) is 0 Å². The van der Waals surface area contributed by atoms with E-state index in [1.807, 2.05) is 0 Å². The lowest BCUT2D eigenvalue weighted by Crippen LogP contribution is -2.13. The van der Waals surface area contributed by atoms with Crippen LogP contribution < -0.4 is 5.32 Å². The molecular formula is C12H21N3O2S. The van der Waals surface area contributed by atoms with Crippen molar-refractivity contribution < 1.29 is 9.53 Å². The minimum atomic E-state index is -0.384. The van der Waals surface area contributed by atoms with Gasteiger partial charge in [0.15, 0.2) is 10.8 Å². The van der Waals surface area contributed by atoms with Gasteiger partial charge in [-0.3, -0.25) is 0 Å². The Morgan fingerprint density at radius 1 is 1.44 bits per heavy atom.